The summed E-state index contributed by atoms with van der Waals surface area (Å²) in [4.78, 5) is 28.3. The maximum atomic E-state index is 12.1. The van der Waals surface area contributed by atoms with Gasteiger partial charge in [-0.25, -0.2) is 4.98 Å². The van der Waals surface area contributed by atoms with Gasteiger partial charge in [-0.05, 0) is 36.8 Å². The zero-order valence-corrected chi connectivity index (χ0v) is 15.4. The number of carbonyl (C=O) groups is 2. The second kappa shape index (κ2) is 8.07. The molecular weight excluding hydrogens is 350 g/mol. The molecule has 2 aromatic carbocycles. The number of carbonyl (C=O) groups excluding carboxylic acids is 2. The average molecular weight is 369 g/mol. The van der Waals surface area contributed by atoms with Gasteiger partial charge in [-0.2, -0.15) is 0 Å². The Labute approximate surface area is 155 Å². The van der Waals surface area contributed by atoms with Crippen molar-refractivity contribution >= 4 is 39.1 Å². The summed E-state index contributed by atoms with van der Waals surface area (Å²) in [7, 11) is 1.57. The molecule has 3 aromatic rings. The minimum absolute atomic E-state index is 0.0838. The molecule has 0 aliphatic rings. The highest BCUT2D eigenvalue weighted by Gasteiger charge is 2.10. The lowest BCUT2D eigenvalue weighted by molar-refractivity contribution is -0.121. The number of fused-ring (bicyclic) bond motifs is 1. The normalized spacial score (nSPS) is 10.7. The van der Waals surface area contributed by atoms with E-state index >= 15 is 0 Å². The first-order valence-corrected chi connectivity index (χ1v) is 8.93. The number of anilines is 1. The van der Waals surface area contributed by atoms with Crippen molar-refractivity contribution < 1.29 is 14.3 Å². The third kappa shape index (κ3) is 4.25. The highest BCUT2D eigenvalue weighted by atomic mass is 32.1. The fourth-order valence-electron chi connectivity index (χ4n) is 2.44. The summed E-state index contributed by atoms with van der Waals surface area (Å²) in [5.74, 6) is -0.476. The van der Waals surface area contributed by atoms with E-state index in [9.17, 15) is 9.59 Å². The van der Waals surface area contributed by atoms with Crippen LogP contribution >= 0.6 is 11.3 Å². The van der Waals surface area contributed by atoms with E-state index in [1.165, 1.54) is 0 Å². The molecule has 0 aliphatic heterocycles. The Morgan fingerprint density at radius 2 is 2.00 bits per heavy atom. The topological polar surface area (TPSA) is 80.3 Å². The second-order valence-corrected chi connectivity index (χ2v) is 6.84. The monoisotopic (exact) mass is 369 g/mol. The minimum atomic E-state index is -0.275. The molecule has 7 heteroatoms. The van der Waals surface area contributed by atoms with E-state index in [2.05, 4.69) is 15.6 Å². The molecule has 0 saturated carbocycles. The van der Waals surface area contributed by atoms with Gasteiger partial charge in [0.25, 0.3) is 5.91 Å². The van der Waals surface area contributed by atoms with Gasteiger partial charge in [-0.1, -0.05) is 18.2 Å². The number of thiazole rings is 1. The highest BCUT2D eigenvalue weighted by Crippen LogP contribution is 2.22. The smallest absolute Gasteiger partial charge is 0.251 e. The maximum Gasteiger partial charge on any atom is 0.251 e. The number of hydrogen-bond donors (Lipinski definition) is 2. The van der Waals surface area contributed by atoms with Crippen LogP contribution in [0.4, 0.5) is 5.69 Å². The fourth-order valence-corrected chi connectivity index (χ4v) is 3.35. The number of hydrogen-bond acceptors (Lipinski definition) is 5. The third-order valence-electron chi connectivity index (χ3n) is 3.80. The van der Waals surface area contributed by atoms with Crippen LogP contribution in [-0.2, 0) is 16.1 Å². The molecule has 1 aromatic heterocycles. The molecule has 134 valence electrons. The molecule has 26 heavy (non-hydrogen) atoms. The van der Waals surface area contributed by atoms with Crippen molar-refractivity contribution in [3.05, 3.63) is 58.6 Å². The van der Waals surface area contributed by atoms with Crippen LogP contribution in [0.5, 0.6) is 0 Å². The summed E-state index contributed by atoms with van der Waals surface area (Å²) in [6.07, 6.45) is 0. The summed E-state index contributed by atoms with van der Waals surface area (Å²) in [5.41, 5.74) is 2.89. The van der Waals surface area contributed by atoms with Crippen LogP contribution < -0.4 is 10.6 Å². The third-order valence-corrected chi connectivity index (χ3v) is 4.81. The van der Waals surface area contributed by atoms with Crippen LogP contribution in [-0.4, -0.2) is 30.5 Å². The van der Waals surface area contributed by atoms with E-state index in [0.29, 0.717) is 11.3 Å². The summed E-state index contributed by atoms with van der Waals surface area (Å²) >= 11 is 1.55. The first-order chi connectivity index (χ1) is 12.6. The number of nitrogens with one attached hydrogen (secondary N) is 2. The number of aromatic nitrogens is 1. The van der Waals surface area contributed by atoms with Crippen LogP contribution in [0.3, 0.4) is 0 Å². The number of benzene rings is 2. The summed E-state index contributed by atoms with van der Waals surface area (Å²) in [6.45, 7) is 2.06. The quantitative estimate of drug-likeness (QED) is 0.700. The number of ether oxygens (including phenoxy) is 1. The predicted octanol–water partition coefficient (Wildman–Crippen LogP) is 3.12. The summed E-state index contributed by atoms with van der Waals surface area (Å²) in [6, 6.07) is 13.0. The molecule has 0 bridgehead atoms. The van der Waals surface area contributed by atoms with E-state index in [1.54, 1.807) is 36.6 Å². The van der Waals surface area contributed by atoms with Gasteiger partial charge in [0, 0.05) is 18.3 Å². The van der Waals surface area contributed by atoms with Crippen molar-refractivity contribution in [2.45, 2.75) is 13.5 Å². The Morgan fingerprint density at radius 1 is 1.19 bits per heavy atom. The summed E-state index contributed by atoms with van der Waals surface area (Å²) in [5, 5.41) is 6.17. The number of aryl methyl sites for hydroxylation is 1. The van der Waals surface area contributed by atoms with Crippen molar-refractivity contribution in [1.82, 2.24) is 10.3 Å². The molecule has 2 N–H and O–H groups in total. The SMILES string of the molecule is CNC(=O)c1ccc(C)c(NC(=O)COCc2nc3ccccc3s2)c1. The van der Waals surface area contributed by atoms with Crippen molar-refractivity contribution in [1.29, 1.82) is 0 Å². The fraction of sp³-hybridized carbons (Fsp3) is 0.211. The van der Waals surface area contributed by atoms with Crippen LogP contribution in [0.1, 0.15) is 20.9 Å². The lowest BCUT2D eigenvalue weighted by Gasteiger charge is -2.10. The predicted molar refractivity (Wildman–Crippen MR) is 102 cm³/mol. The lowest BCUT2D eigenvalue weighted by atomic mass is 10.1. The van der Waals surface area contributed by atoms with Gasteiger partial charge < -0.3 is 15.4 Å². The molecule has 0 radical (unpaired) electrons. The second-order valence-electron chi connectivity index (χ2n) is 5.73. The van der Waals surface area contributed by atoms with Gasteiger partial charge in [-0.15, -0.1) is 11.3 Å². The Kier molecular flexibility index (Phi) is 5.60. The Balaban J connectivity index is 1.56. The van der Waals surface area contributed by atoms with Crippen LogP contribution in [0.2, 0.25) is 0 Å². The largest absolute Gasteiger partial charge is 0.364 e. The highest BCUT2D eigenvalue weighted by molar-refractivity contribution is 7.18. The molecule has 1 heterocycles. The summed E-state index contributed by atoms with van der Waals surface area (Å²) < 4.78 is 6.57. The zero-order valence-electron chi connectivity index (χ0n) is 14.5. The van der Waals surface area contributed by atoms with Crippen molar-refractivity contribution in [3.63, 3.8) is 0 Å². The standard InChI is InChI=1S/C19H19N3O3S/c1-12-7-8-13(19(24)20-2)9-15(12)21-17(23)10-25-11-18-22-14-5-3-4-6-16(14)26-18/h3-9H,10-11H2,1-2H3,(H,20,24)(H,21,23). The molecular formula is C19H19N3O3S. The molecule has 0 unspecified atom stereocenters. The van der Waals surface area contributed by atoms with E-state index in [4.69, 9.17) is 4.74 Å². The molecule has 3 rings (SSSR count). The van der Waals surface area contributed by atoms with Gasteiger partial charge >= 0.3 is 0 Å². The van der Waals surface area contributed by atoms with Gasteiger partial charge in [0.2, 0.25) is 5.91 Å². The van der Waals surface area contributed by atoms with Crippen molar-refractivity contribution in [2.24, 2.45) is 0 Å². The number of amides is 2. The zero-order chi connectivity index (χ0) is 18.5. The van der Waals surface area contributed by atoms with E-state index in [0.717, 1.165) is 20.8 Å². The molecule has 2 amide bonds. The van der Waals surface area contributed by atoms with Gasteiger partial charge in [0.05, 0.1) is 16.8 Å². The number of rotatable bonds is 6. The van der Waals surface area contributed by atoms with Gasteiger partial charge in [-0.3, -0.25) is 9.59 Å². The Morgan fingerprint density at radius 3 is 2.77 bits per heavy atom. The molecule has 0 aliphatic carbocycles. The molecule has 0 atom stereocenters. The van der Waals surface area contributed by atoms with E-state index in [1.807, 2.05) is 31.2 Å². The minimum Gasteiger partial charge on any atom is -0.364 e. The number of para-hydroxylation sites is 1. The van der Waals surface area contributed by atoms with Crippen LogP contribution in [0.25, 0.3) is 10.2 Å². The molecule has 0 fully saturated rings. The van der Waals surface area contributed by atoms with Crippen LogP contribution in [0, 0.1) is 6.92 Å². The van der Waals surface area contributed by atoms with Crippen LogP contribution in [0.15, 0.2) is 42.5 Å². The maximum absolute atomic E-state index is 12.1. The Hall–Kier alpha value is -2.77. The molecule has 0 saturated heterocycles. The number of nitrogens with zero attached hydrogens (tertiary/aromatic N) is 1. The van der Waals surface area contributed by atoms with E-state index in [-0.39, 0.29) is 25.0 Å². The lowest BCUT2D eigenvalue weighted by Crippen LogP contribution is -2.21. The molecule has 0 spiro atoms. The molecule has 6 nitrogen and oxygen atoms in total. The first-order valence-electron chi connectivity index (χ1n) is 8.11. The van der Waals surface area contributed by atoms with Crippen molar-refractivity contribution in [2.75, 3.05) is 19.0 Å². The van der Waals surface area contributed by atoms with Gasteiger partial charge in [0.1, 0.15) is 11.6 Å². The first kappa shape index (κ1) is 18.0. The van der Waals surface area contributed by atoms with E-state index < -0.39 is 0 Å². The van der Waals surface area contributed by atoms with Gasteiger partial charge in [0.15, 0.2) is 0 Å². The Bertz CT molecular complexity index is 919. The average Bonchev–Trinajstić information content (AvgIpc) is 3.05. The van der Waals surface area contributed by atoms with Crippen molar-refractivity contribution in [3.8, 4) is 0 Å².